The number of ether oxygens (including phenoxy) is 2. The van der Waals surface area contributed by atoms with Gasteiger partial charge in [-0.05, 0) is 17.0 Å². The van der Waals surface area contributed by atoms with Crippen LogP contribution in [0, 0.1) is 0 Å². The van der Waals surface area contributed by atoms with Crippen LogP contribution in [0.3, 0.4) is 0 Å². The zero-order valence-corrected chi connectivity index (χ0v) is 12.6. The van der Waals surface area contributed by atoms with Crippen molar-refractivity contribution in [3.05, 3.63) is 34.9 Å². The minimum Gasteiger partial charge on any atom is -0.428 e. The molecule has 0 bridgehead atoms. The molecule has 1 aromatic rings. The fourth-order valence-electron chi connectivity index (χ4n) is 2.38. The zero-order valence-electron chi connectivity index (χ0n) is 12.6. The summed E-state index contributed by atoms with van der Waals surface area (Å²) in [5.74, 6) is -0.897. The van der Waals surface area contributed by atoms with Crippen molar-refractivity contribution in [1.82, 2.24) is 0 Å². The fourth-order valence-corrected chi connectivity index (χ4v) is 2.38. The molecule has 23 heavy (non-hydrogen) atoms. The van der Waals surface area contributed by atoms with E-state index in [0.29, 0.717) is 5.56 Å². The van der Waals surface area contributed by atoms with E-state index in [0.717, 1.165) is 0 Å². The van der Waals surface area contributed by atoms with E-state index in [2.05, 4.69) is 4.74 Å². The molecule has 1 aromatic carbocycles. The third-order valence-corrected chi connectivity index (χ3v) is 3.41. The maximum atomic E-state index is 12.7. The van der Waals surface area contributed by atoms with Gasteiger partial charge in [-0.3, -0.25) is 0 Å². The minimum atomic E-state index is -5.28. The molecular formula is C15H15F5O3. The summed E-state index contributed by atoms with van der Waals surface area (Å²) in [4.78, 5) is 11.8. The Balaban J connectivity index is 2.45. The van der Waals surface area contributed by atoms with Crippen molar-refractivity contribution in [2.45, 2.75) is 51.2 Å². The number of halogens is 5. The topological polar surface area (TPSA) is 35.5 Å². The van der Waals surface area contributed by atoms with Crippen LogP contribution in [0.2, 0.25) is 0 Å². The normalized spacial score (nSPS) is 19.7. The van der Waals surface area contributed by atoms with Crippen LogP contribution < -0.4 is 0 Å². The maximum absolute atomic E-state index is 12.7. The second-order valence-corrected chi connectivity index (χ2v) is 6.19. The number of carbonyl (C=O) groups excluding carboxylic acids is 1. The largest absolute Gasteiger partial charge is 0.428 e. The molecule has 1 aliphatic heterocycles. The minimum absolute atomic E-state index is 0.0256. The van der Waals surface area contributed by atoms with Gasteiger partial charge >= 0.3 is 12.1 Å². The highest BCUT2D eigenvalue weighted by Crippen LogP contribution is 2.42. The second-order valence-electron chi connectivity index (χ2n) is 6.19. The van der Waals surface area contributed by atoms with Crippen molar-refractivity contribution in [3.8, 4) is 0 Å². The van der Waals surface area contributed by atoms with E-state index < -0.39 is 36.4 Å². The molecule has 0 spiro atoms. The number of rotatable bonds is 3. The number of hydrogen-bond acceptors (Lipinski definition) is 3. The van der Waals surface area contributed by atoms with E-state index in [4.69, 9.17) is 4.74 Å². The lowest BCUT2D eigenvalue weighted by Crippen LogP contribution is -2.39. The Kier molecular flexibility index (Phi) is 4.40. The lowest BCUT2D eigenvalue weighted by molar-refractivity contribution is -0.290. The number of esters is 1. The average Bonchev–Trinajstić information content (AvgIpc) is 2.70. The van der Waals surface area contributed by atoms with Gasteiger partial charge in [0.25, 0.3) is 6.43 Å². The van der Waals surface area contributed by atoms with Crippen LogP contribution in [0.1, 0.15) is 48.5 Å². The summed E-state index contributed by atoms with van der Waals surface area (Å²) in [7, 11) is 0. The number of benzene rings is 1. The van der Waals surface area contributed by atoms with Gasteiger partial charge in [0.05, 0.1) is 5.56 Å². The predicted molar refractivity (Wildman–Crippen MR) is 70.2 cm³/mol. The SMILES string of the molecule is CC(C)(C)c1cccc2c1C(OC(C(F)F)C(F)(F)F)OC2=O. The van der Waals surface area contributed by atoms with Crippen LogP contribution in [0.5, 0.6) is 0 Å². The number of fused-ring (bicyclic) bond motifs is 1. The molecule has 0 N–H and O–H groups in total. The quantitative estimate of drug-likeness (QED) is 0.607. The van der Waals surface area contributed by atoms with Crippen LogP contribution in [0.15, 0.2) is 18.2 Å². The van der Waals surface area contributed by atoms with Crippen molar-refractivity contribution in [1.29, 1.82) is 0 Å². The fraction of sp³-hybridized carbons (Fsp3) is 0.533. The summed E-state index contributed by atoms with van der Waals surface area (Å²) in [6.45, 7) is 5.32. The third kappa shape index (κ3) is 3.46. The lowest BCUT2D eigenvalue weighted by Gasteiger charge is -2.27. The molecule has 0 saturated carbocycles. The van der Waals surface area contributed by atoms with Crippen LogP contribution in [-0.4, -0.2) is 24.7 Å². The molecule has 0 saturated heterocycles. The summed E-state index contributed by atoms with van der Waals surface area (Å²) in [6, 6.07) is 4.51. The van der Waals surface area contributed by atoms with Crippen LogP contribution in [-0.2, 0) is 14.9 Å². The molecule has 1 heterocycles. The maximum Gasteiger partial charge on any atom is 0.420 e. The molecule has 2 unspecified atom stereocenters. The number of cyclic esters (lactones) is 1. The molecule has 0 radical (unpaired) electrons. The number of alkyl halides is 5. The summed E-state index contributed by atoms with van der Waals surface area (Å²) in [6.07, 6.45) is -14.2. The van der Waals surface area contributed by atoms with Crippen molar-refractivity contribution in [2.24, 2.45) is 0 Å². The monoisotopic (exact) mass is 338 g/mol. The van der Waals surface area contributed by atoms with Crippen molar-refractivity contribution >= 4 is 5.97 Å². The second kappa shape index (κ2) is 5.74. The Morgan fingerprint density at radius 1 is 1.17 bits per heavy atom. The van der Waals surface area contributed by atoms with Gasteiger partial charge in [-0.2, -0.15) is 13.2 Å². The Morgan fingerprint density at radius 2 is 1.78 bits per heavy atom. The van der Waals surface area contributed by atoms with E-state index in [1.165, 1.54) is 6.07 Å². The molecule has 8 heteroatoms. The van der Waals surface area contributed by atoms with Crippen LogP contribution in [0.4, 0.5) is 22.0 Å². The van der Waals surface area contributed by atoms with Crippen molar-refractivity contribution in [3.63, 3.8) is 0 Å². The van der Waals surface area contributed by atoms with Crippen LogP contribution in [0.25, 0.3) is 0 Å². The molecule has 2 atom stereocenters. The van der Waals surface area contributed by atoms with Gasteiger partial charge in [0.15, 0.2) is 0 Å². The Labute approximate surface area is 129 Å². The molecule has 0 aliphatic carbocycles. The van der Waals surface area contributed by atoms with Gasteiger partial charge in [-0.15, -0.1) is 0 Å². The van der Waals surface area contributed by atoms with E-state index in [9.17, 15) is 26.7 Å². The first-order chi connectivity index (χ1) is 10.4. The van der Waals surface area contributed by atoms with E-state index in [1.54, 1.807) is 32.9 Å². The molecule has 0 fully saturated rings. The Hall–Kier alpha value is -1.70. The zero-order chi connectivity index (χ0) is 17.6. The highest BCUT2D eigenvalue weighted by Gasteiger charge is 2.51. The lowest BCUT2D eigenvalue weighted by atomic mass is 9.82. The summed E-state index contributed by atoms with van der Waals surface area (Å²) >= 11 is 0. The van der Waals surface area contributed by atoms with Gasteiger partial charge in [0.2, 0.25) is 12.4 Å². The molecule has 0 aromatic heterocycles. The summed E-state index contributed by atoms with van der Waals surface area (Å²) < 4.78 is 72.6. The molecular weight excluding hydrogens is 323 g/mol. The highest BCUT2D eigenvalue weighted by molar-refractivity contribution is 5.94. The summed E-state index contributed by atoms with van der Waals surface area (Å²) in [5, 5.41) is 0. The Morgan fingerprint density at radius 3 is 2.26 bits per heavy atom. The van der Waals surface area contributed by atoms with E-state index in [1.807, 2.05) is 0 Å². The average molecular weight is 338 g/mol. The van der Waals surface area contributed by atoms with Crippen molar-refractivity contribution < 1.29 is 36.2 Å². The molecule has 3 nitrogen and oxygen atoms in total. The standard InChI is InChI=1S/C15H15F5O3/c1-14(2,3)8-6-4-5-7-9(8)13(23-12(7)21)22-10(11(16)17)15(18,19)20/h4-6,10-11,13H,1-3H3. The summed E-state index contributed by atoms with van der Waals surface area (Å²) in [5.41, 5.74) is 0.0537. The first-order valence-corrected chi connectivity index (χ1v) is 6.77. The van der Waals surface area contributed by atoms with Gasteiger partial charge in [0, 0.05) is 5.56 Å². The number of hydrogen-bond donors (Lipinski definition) is 0. The molecule has 1 aliphatic rings. The highest BCUT2D eigenvalue weighted by atomic mass is 19.4. The smallest absolute Gasteiger partial charge is 0.420 e. The number of carbonyl (C=O) groups is 1. The van der Waals surface area contributed by atoms with Gasteiger partial charge in [0.1, 0.15) is 0 Å². The van der Waals surface area contributed by atoms with Crippen molar-refractivity contribution in [2.75, 3.05) is 0 Å². The predicted octanol–water partition coefficient (Wildman–Crippen LogP) is 4.37. The first-order valence-electron chi connectivity index (χ1n) is 6.77. The van der Waals surface area contributed by atoms with E-state index >= 15 is 0 Å². The van der Waals surface area contributed by atoms with Gasteiger partial charge in [-0.25, -0.2) is 13.6 Å². The van der Waals surface area contributed by atoms with E-state index in [-0.39, 0.29) is 11.1 Å². The van der Waals surface area contributed by atoms with Gasteiger partial charge in [-0.1, -0.05) is 32.9 Å². The van der Waals surface area contributed by atoms with Gasteiger partial charge < -0.3 is 9.47 Å². The molecule has 128 valence electrons. The molecule has 0 amide bonds. The third-order valence-electron chi connectivity index (χ3n) is 3.41. The first kappa shape index (κ1) is 17.7. The Bertz CT molecular complexity index is 604. The molecule has 2 rings (SSSR count). The van der Waals surface area contributed by atoms with Crippen LogP contribution >= 0.6 is 0 Å².